The number of hydrogen-bond donors (Lipinski definition) is 9. The summed E-state index contributed by atoms with van der Waals surface area (Å²) in [5.41, 5.74) is 2.48. The van der Waals surface area contributed by atoms with Crippen molar-refractivity contribution in [2.75, 3.05) is 16.4 Å². The van der Waals surface area contributed by atoms with Gasteiger partial charge >= 0.3 is 0 Å². The zero-order chi connectivity index (χ0) is 41.9. The van der Waals surface area contributed by atoms with E-state index in [2.05, 4.69) is 35.8 Å². The number of aromatic nitrogens is 3. The molecule has 30 heteroatoms. The van der Waals surface area contributed by atoms with Crippen LogP contribution >= 0.6 is 11.6 Å². The van der Waals surface area contributed by atoms with Crippen LogP contribution in [-0.2, 0) is 50.6 Å². The van der Waals surface area contributed by atoms with E-state index >= 15 is 0 Å². The minimum absolute atomic E-state index is 0.235. The number of rotatable bonds is 11. The molecular weight excluding hydrogens is 876 g/mol. The van der Waals surface area contributed by atoms with Crippen LogP contribution in [0.2, 0.25) is 5.28 Å². The summed E-state index contributed by atoms with van der Waals surface area (Å²) < 4.78 is 169. The number of benzene rings is 4. The number of phenolic OH excluding ortho intramolecular Hbond substituents is 1. The highest BCUT2D eigenvalue weighted by atomic mass is 35.5. The van der Waals surface area contributed by atoms with Crippen LogP contribution in [0.25, 0.3) is 10.8 Å². The third kappa shape index (κ3) is 9.08. The minimum atomic E-state index is -5.21. The zero-order valence-electron chi connectivity index (χ0n) is 27.1. The van der Waals surface area contributed by atoms with Gasteiger partial charge in [0.1, 0.15) is 31.8 Å². The molecule has 0 unspecified atom stereocenters. The Morgan fingerprint density at radius 2 is 1.21 bits per heavy atom. The fraction of sp³-hybridized carbons (Fsp3) is 0.0385. The van der Waals surface area contributed by atoms with E-state index in [0.717, 1.165) is 31.2 Å². The number of fused-ring (bicyclic) bond motifs is 1. The molecule has 1 heterocycles. The molecule has 5 rings (SSSR count). The average Bonchev–Trinajstić information content (AvgIpc) is 3.02. The molecule has 0 aliphatic carbocycles. The second kappa shape index (κ2) is 14.4. The summed E-state index contributed by atoms with van der Waals surface area (Å²) in [6.07, 6.45) is 0. The highest BCUT2D eigenvalue weighted by molar-refractivity contribution is 7.87. The van der Waals surface area contributed by atoms with E-state index in [1.54, 1.807) is 0 Å². The van der Waals surface area contributed by atoms with E-state index in [-0.39, 0.29) is 11.3 Å². The third-order valence-corrected chi connectivity index (χ3v) is 11.8. The number of nitrogens with one attached hydrogen (secondary N) is 2. The first-order chi connectivity index (χ1) is 25.5. The van der Waals surface area contributed by atoms with Crippen molar-refractivity contribution in [1.29, 1.82) is 0 Å². The second-order valence-corrected chi connectivity index (χ2v) is 18.4. The van der Waals surface area contributed by atoms with Crippen LogP contribution in [0.3, 0.4) is 0 Å². The monoisotopic (exact) mass is 896 g/mol. The van der Waals surface area contributed by atoms with Crippen LogP contribution in [0.1, 0.15) is 5.56 Å². The van der Waals surface area contributed by atoms with E-state index in [9.17, 15) is 70.0 Å². The van der Waals surface area contributed by atoms with E-state index in [4.69, 9.17) is 17.3 Å². The Hall–Kier alpha value is -5.21. The number of hydrogen-bond acceptors (Lipinski definition) is 19. The number of aryl methyl sites for hydroxylation is 1. The predicted molar refractivity (Wildman–Crippen MR) is 192 cm³/mol. The number of phenols is 1. The van der Waals surface area contributed by atoms with Gasteiger partial charge in [0.15, 0.2) is 0 Å². The van der Waals surface area contributed by atoms with Crippen LogP contribution in [-0.4, -0.2) is 84.9 Å². The van der Waals surface area contributed by atoms with Crippen molar-refractivity contribution in [2.24, 2.45) is 10.2 Å². The predicted octanol–water partition coefficient (Wildman–Crippen LogP) is 3.41. The van der Waals surface area contributed by atoms with Crippen molar-refractivity contribution in [3.05, 3.63) is 59.4 Å². The zero-order valence-corrected chi connectivity index (χ0v) is 32.0. The Labute approximate surface area is 319 Å². The first kappa shape index (κ1) is 41.9. The van der Waals surface area contributed by atoms with Gasteiger partial charge in [-0.2, -0.15) is 57.0 Å². The number of anilines is 5. The Morgan fingerprint density at radius 1 is 0.643 bits per heavy atom. The molecule has 0 aliphatic rings. The topological polar surface area (TPSA) is 406 Å². The van der Waals surface area contributed by atoms with Gasteiger partial charge in [-0.1, -0.05) is 0 Å². The highest BCUT2D eigenvalue weighted by Gasteiger charge is 2.26. The molecule has 10 N–H and O–H groups in total. The van der Waals surface area contributed by atoms with Crippen molar-refractivity contribution in [2.45, 2.75) is 31.4 Å². The first-order valence-electron chi connectivity index (χ1n) is 14.2. The molecule has 0 atom stereocenters. The summed E-state index contributed by atoms with van der Waals surface area (Å²) in [7, 11) is -25.3. The summed E-state index contributed by atoms with van der Waals surface area (Å²) in [4.78, 5) is 6.84. The van der Waals surface area contributed by atoms with E-state index < -0.39 is 132 Å². The number of nitrogens with two attached hydrogens (primary N) is 1. The molecular formula is C26H21ClN8O16S5. The lowest BCUT2D eigenvalue weighted by molar-refractivity contribution is 0.471. The smallest absolute Gasteiger partial charge is 0.296 e. The fourth-order valence-electron chi connectivity index (χ4n) is 4.88. The molecule has 24 nitrogen and oxygen atoms in total. The molecule has 0 radical (unpaired) electrons. The summed E-state index contributed by atoms with van der Waals surface area (Å²) >= 11 is 5.97. The van der Waals surface area contributed by atoms with Gasteiger partial charge in [-0.3, -0.25) is 22.8 Å². The lowest BCUT2D eigenvalue weighted by atomic mass is 10.1. The summed E-state index contributed by atoms with van der Waals surface area (Å²) in [5.74, 6) is -2.03. The van der Waals surface area contributed by atoms with E-state index in [1.165, 1.54) is 0 Å². The van der Waals surface area contributed by atoms with Crippen LogP contribution < -0.4 is 16.4 Å². The van der Waals surface area contributed by atoms with Crippen LogP contribution in [0.5, 0.6) is 5.75 Å². The lowest BCUT2D eigenvalue weighted by Crippen LogP contribution is -2.10. The standard InChI is InChI=1S/C26H21ClN8O16S5/c1-10-4-18(54(43,44)45)15(9-17(10)53(40,41)42)30-26-32-24(27)31-25(33-26)29-12-2-3-14(19(7-12)55(46,47)48)34-35-23-21-11(6-20(22(23)28)56(49,50)51)5-13(8-16(21)36)52(37,38)39/h2-9,36H,28H2,1H3,(H,37,38,39)(H,40,41,42)(H,43,44,45)(H,46,47,48)(H,49,50,51)(H2,29,30,31,32,33). The Bertz CT molecular complexity index is 3110. The van der Waals surface area contributed by atoms with Crippen molar-refractivity contribution >= 4 is 113 Å². The van der Waals surface area contributed by atoms with Crippen LogP contribution in [0, 0.1) is 6.92 Å². The molecule has 0 aliphatic heterocycles. The number of halogens is 1. The average molecular weight is 897 g/mol. The highest BCUT2D eigenvalue weighted by Crippen LogP contribution is 2.44. The summed E-state index contributed by atoms with van der Waals surface area (Å²) in [5, 5.41) is 21.3. The largest absolute Gasteiger partial charge is 0.507 e. The maximum absolute atomic E-state index is 12.4. The van der Waals surface area contributed by atoms with Gasteiger partial charge in [-0.05, 0) is 71.9 Å². The maximum Gasteiger partial charge on any atom is 0.296 e. The first-order valence-corrected chi connectivity index (χ1v) is 21.7. The molecule has 298 valence electrons. The molecule has 4 aromatic carbocycles. The minimum Gasteiger partial charge on any atom is -0.507 e. The number of nitrogen functional groups attached to an aromatic ring is 1. The number of aromatic hydroxyl groups is 1. The fourth-order valence-corrected chi connectivity index (χ4v) is 8.32. The van der Waals surface area contributed by atoms with Gasteiger partial charge in [0, 0.05) is 11.8 Å². The third-order valence-electron chi connectivity index (χ3n) is 7.18. The van der Waals surface area contributed by atoms with Gasteiger partial charge in [-0.25, -0.2) is 0 Å². The Balaban J connectivity index is 1.58. The van der Waals surface area contributed by atoms with Gasteiger partial charge in [0.25, 0.3) is 50.6 Å². The number of azo groups is 1. The Kier molecular flexibility index (Phi) is 10.8. The molecule has 0 saturated heterocycles. The van der Waals surface area contributed by atoms with E-state index in [1.807, 2.05) is 0 Å². The second-order valence-electron chi connectivity index (χ2n) is 11.1. The van der Waals surface area contributed by atoms with Gasteiger partial charge < -0.3 is 21.5 Å². The maximum atomic E-state index is 12.4. The van der Waals surface area contributed by atoms with Gasteiger partial charge in [0.2, 0.25) is 17.2 Å². The van der Waals surface area contributed by atoms with Crippen molar-refractivity contribution in [3.63, 3.8) is 0 Å². The molecule has 0 spiro atoms. The van der Waals surface area contributed by atoms with Crippen molar-refractivity contribution < 1.29 is 70.0 Å². The molecule has 0 bridgehead atoms. The molecule has 1 aromatic heterocycles. The normalized spacial score (nSPS) is 13.0. The SMILES string of the molecule is Cc1cc(S(=O)(=O)O)c(Nc2nc(Cl)nc(Nc3ccc(N=Nc4c(N)c(S(=O)(=O)O)cc5cc(S(=O)(=O)O)cc(O)c45)c(S(=O)(=O)O)c3)n2)cc1S(=O)(=O)O. The summed E-state index contributed by atoms with van der Waals surface area (Å²) in [6.45, 7) is 1.13. The molecule has 56 heavy (non-hydrogen) atoms. The molecule has 0 fully saturated rings. The summed E-state index contributed by atoms with van der Waals surface area (Å²) in [6, 6.07) is 6.02. The lowest BCUT2D eigenvalue weighted by Gasteiger charge is -2.14. The molecule has 5 aromatic rings. The van der Waals surface area contributed by atoms with Crippen LogP contribution in [0.15, 0.2) is 83.2 Å². The molecule has 0 amide bonds. The van der Waals surface area contributed by atoms with Crippen molar-refractivity contribution in [3.8, 4) is 5.75 Å². The van der Waals surface area contributed by atoms with Gasteiger partial charge in [0.05, 0.1) is 26.6 Å². The molecule has 0 saturated carbocycles. The quantitative estimate of drug-likeness (QED) is 0.0521. The Morgan fingerprint density at radius 3 is 1.77 bits per heavy atom. The van der Waals surface area contributed by atoms with Crippen LogP contribution in [0.4, 0.5) is 40.3 Å². The van der Waals surface area contributed by atoms with Crippen molar-refractivity contribution in [1.82, 2.24) is 15.0 Å². The van der Waals surface area contributed by atoms with Gasteiger partial charge in [-0.15, -0.1) is 10.2 Å². The van der Waals surface area contributed by atoms with E-state index in [0.29, 0.717) is 24.3 Å². The number of nitrogens with zero attached hydrogens (tertiary/aromatic N) is 5.